The van der Waals surface area contributed by atoms with Crippen LogP contribution in [-0.4, -0.2) is 5.75 Å². The summed E-state index contributed by atoms with van der Waals surface area (Å²) in [6.07, 6.45) is 1.14. The quantitative estimate of drug-likeness (QED) is 0.726. The van der Waals surface area contributed by atoms with Crippen molar-refractivity contribution < 1.29 is 0 Å². The van der Waals surface area contributed by atoms with Crippen molar-refractivity contribution in [2.75, 3.05) is 5.75 Å². The summed E-state index contributed by atoms with van der Waals surface area (Å²) < 4.78 is 1.17. The molecule has 4 heteroatoms. The SMILES string of the molecule is Cc1ccc(CNC2CCSc3ccc(Cl)cc32)c(Br)c1. The van der Waals surface area contributed by atoms with E-state index in [1.165, 1.54) is 26.1 Å². The summed E-state index contributed by atoms with van der Waals surface area (Å²) >= 11 is 11.7. The number of fused-ring (bicyclic) bond motifs is 1. The third-order valence-corrected chi connectivity index (χ3v) is 5.85. The first kappa shape index (κ1) is 15.4. The molecule has 2 aromatic carbocycles. The number of thioether (sulfide) groups is 1. The van der Waals surface area contributed by atoms with Gasteiger partial charge in [-0.25, -0.2) is 0 Å². The van der Waals surface area contributed by atoms with Crippen LogP contribution in [-0.2, 0) is 6.54 Å². The summed E-state index contributed by atoms with van der Waals surface area (Å²) in [6.45, 7) is 2.97. The van der Waals surface area contributed by atoms with E-state index in [2.05, 4.69) is 58.5 Å². The van der Waals surface area contributed by atoms with Gasteiger partial charge in [0.1, 0.15) is 0 Å². The van der Waals surface area contributed by atoms with E-state index in [1.807, 2.05) is 17.8 Å². The zero-order chi connectivity index (χ0) is 14.8. The Kier molecular flexibility index (Phi) is 4.95. The van der Waals surface area contributed by atoms with Gasteiger partial charge in [0.25, 0.3) is 0 Å². The molecule has 2 aromatic rings. The molecule has 0 radical (unpaired) electrons. The van der Waals surface area contributed by atoms with Crippen molar-refractivity contribution in [2.45, 2.75) is 30.8 Å². The standard InChI is InChI=1S/C17H17BrClNS/c1-11-2-3-12(15(18)8-11)10-20-16-6-7-21-17-5-4-13(19)9-14(16)17/h2-5,8-9,16,20H,6-7,10H2,1H3. The van der Waals surface area contributed by atoms with E-state index in [4.69, 9.17) is 11.6 Å². The number of hydrogen-bond acceptors (Lipinski definition) is 2. The highest BCUT2D eigenvalue weighted by Gasteiger charge is 2.20. The Morgan fingerprint density at radius 3 is 2.95 bits per heavy atom. The maximum atomic E-state index is 6.16. The molecule has 0 aliphatic carbocycles. The van der Waals surface area contributed by atoms with Crippen LogP contribution in [0.3, 0.4) is 0 Å². The molecular formula is C17H17BrClNS. The van der Waals surface area contributed by atoms with Gasteiger partial charge < -0.3 is 5.32 Å². The lowest BCUT2D eigenvalue weighted by Crippen LogP contribution is -2.24. The van der Waals surface area contributed by atoms with E-state index >= 15 is 0 Å². The Bertz CT molecular complexity index is 659. The van der Waals surface area contributed by atoms with Gasteiger partial charge in [-0.2, -0.15) is 0 Å². The Morgan fingerprint density at radius 2 is 2.14 bits per heavy atom. The Balaban J connectivity index is 1.76. The minimum Gasteiger partial charge on any atom is -0.306 e. The molecule has 1 aliphatic heterocycles. The van der Waals surface area contributed by atoms with Crippen molar-refractivity contribution in [1.29, 1.82) is 0 Å². The van der Waals surface area contributed by atoms with Crippen molar-refractivity contribution in [2.24, 2.45) is 0 Å². The number of halogens is 2. The molecule has 21 heavy (non-hydrogen) atoms. The van der Waals surface area contributed by atoms with Crippen molar-refractivity contribution in [1.82, 2.24) is 5.32 Å². The van der Waals surface area contributed by atoms with Crippen molar-refractivity contribution >= 4 is 39.3 Å². The minimum atomic E-state index is 0.383. The van der Waals surface area contributed by atoms with Crippen LogP contribution in [0.2, 0.25) is 5.02 Å². The molecule has 110 valence electrons. The van der Waals surface area contributed by atoms with Crippen LogP contribution in [0, 0.1) is 6.92 Å². The molecule has 1 atom stereocenters. The molecule has 1 N–H and O–H groups in total. The van der Waals surface area contributed by atoms with E-state index in [-0.39, 0.29) is 0 Å². The van der Waals surface area contributed by atoms with E-state index < -0.39 is 0 Å². The Morgan fingerprint density at radius 1 is 1.29 bits per heavy atom. The van der Waals surface area contributed by atoms with Gasteiger partial charge in [0, 0.05) is 27.0 Å². The Labute approximate surface area is 143 Å². The molecule has 0 saturated heterocycles. The second-order valence-electron chi connectivity index (χ2n) is 5.35. The molecule has 0 amide bonds. The van der Waals surface area contributed by atoms with Gasteiger partial charge in [-0.05, 0) is 60.1 Å². The molecule has 0 saturated carbocycles. The first-order chi connectivity index (χ1) is 10.1. The summed E-state index contributed by atoms with van der Waals surface area (Å²) in [4.78, 5) is 1.35. The van der Waals surface area contributed by atoms with Crippen LogP contribution in [0.25, 0.3) is 0 Å². The lowest BCUT2D eigenvalue weighted by molar-refractivity contribution is 0.509. The number of hydrogen-bond donors (Lipinski definition) is 1. The van der Waals surface area contributed by atoms with E-state index in [9.17, 15) is 0 Å². The number of nitrogens with one attached hydrogen (secondary N) is 1. The fourth-order valence-corrected chi connectivity index (χ4v) is 4.53. The Hall–Kier alpha value is -0.480. The second-order valence-corrected chi connectivity index (χ2v) is 7.78. The van der Waals surface area contributed by atoms with Crippen LogP contribution < -0.4 is 5.32 Å². The van der Waals surface area contributed by atoms with Gasteiger partial charge >= 0.3 is 0 Å². The average molecular weight is 383 g/mol. The molecule has 3 rings (SSSR count). The molecule has 0 bridgehead atoms. The van der Waals surface area contributed by atoms with Gasteiger partial charge in [-0.1, -0.05) is 39.7 Å². The molecule has 0 spiro atoms. The van der Waals surface area contributed by atoms with Gasteiger partial charge in [0.05, 0.1) is 0 Å². The normalized spacial score (nSPS) is 17.6. The fraction of sp³-hybridized carbons (Fsp3) is 0.294. The molecule has 0 aromatic heterocycles. The third kappa shape index (κ3) is 3.65. The van der Waals surface area contributed by atoms with Crippen LogP contribution in [0.5, 0.6) is 0 Å². The number of benzene rings is 2. The maximum Gasteiger partial charge on any atom is 0.0410 e. The van der Waals surface area contributed by atoms with E-state index in [0.29, 0.717) is 6.04 Å². The molecule has 1 nitrogen and oxygen atoms in total. The van der Waals surface area contributed by atoms with Gasteiger partial charge in [0.2, 0.25) is 0 Å². The summed E-state index contributed by atoms with van der Waals surface area (Å²) in [5, 5.41) is 4.50. The van der Waals surface area contributed by atoms with Gasteiger partial charge in [0.15, 0.2) is 0 Å². The molecule has 1 heterocycles. The van der Waals surface area contributed by atoms with Crippen molar-refractivity contribution in [3.8, 4) is 0 Å². The minimum absolute atomic E-state index is 0.383. The summed E-state index contributed by atoms with van der Waals surface area (Å²) in [7, 11) is 0. The van der Waals surface area contributed by atoms with Gasteiger partial charge in [-0.3, -0.25) is 0 Å². The average Bonchev–Trinajstić information content (AvgIpc) is 2.46. The van der Waals surface area contributed by atoms with Crippen LogP contribution >= 0.6 is 39.3 Å². The van der Waals surface area contributed by atoms with Crippen LogP contribution in [0.4, 0.5) is 0 Å². The third-order valence-electron chi connectivity index (χ3n) is 3.76. The first-order valence-corrected chi connectivity index (χ1v) is 9.20. The summed E-state index contributed by atoms with van der Waals surface area (Å²) in [5.74, 6) is 1.15. The predicted octanol–water partition coefficient (Wildman–Crippen LogP) is 5.74. The number of rotatable bonds is 3. The monoisotopic (exact) mass is 381 g/mol. The zero-order valence-corrected chi connectivity index (χ0v) is 15.0. The largest absolute Gasteiger partial charge is 0.306 e. The fourth-order valence-electron chi connectivity index (χ4n) is 2.61. The van der Waals surface area contributed by atoms with Crippen molar-refractivity contribution in [3.05, 3.63) is 62.6 Å². The zero-order valence-electron chi connectivity index (χ0n) is 11.8. The van der Waals surface area contributed by atoms with E-state index in [0.717, 1.165) is 23.7 Å². The first-order valence-electron chi connectivity index (χ1n) is 7.04. The van der Waals surface area contributed by atoms with Crippen LogP contribution in [0.1, 0.15) is 29.2 Å². The summed E-state index contributed by atoms with van der Waals surface area (Å²) in [5.41, 5.74) is 3.90. The molecule has 0 fully saturated rings. The summed E-state index contributed by atoms with van der Waals surface area (Å²) in [6, 6.07) is 13.1. The highest BCUT2D eigenvalue weighted by Crippen LogP contribution is 2.37. The topological polar surface area (TPSA) is 12.0 Å². The van der Waals surface area contributed by atoms with E-state index in [1.54, 1.807) is 0 Å². The number of aryl methyl sites for hydroxylation is 1. The highest BCUT2D eigenvalue weighted by atomic mass is 79.9. The predicted molar refractivity (Wildman–Crippen MR) is 95.3 cm³/mol. The highest BCUT2D eigenvalue weighted by molar-refractivity contribution is 9.10. The maximum absolute atomic E-state index is 6.16. The van der Waals surface area contributed by atoms with Crippen LogP contribution in [0.15, 0.2) is 45.8 Å². The molecule has 1 unspecified atom stereocenters. The van der Waals surface area contributed by atoms with Crippen molar-refractivity contribution in [3.63, 3.8) is 0 Å². The molecular weight excluding hydrogens is 366 g/mol. The molecule has 1 aliphatic rings. The second kappa shape index (κ2) is 6.74. The van der Waals surface area contributed by atoms with Gasteiger partial charge in [-0.15, -0.1) is 11.8 Å². The lowest BCUT2D eigenvalue weighted by Gasteiger charge is -2.26. The smallest absolute Gasteiger partial charge is 0.0410 e. The lowest BCUT2D eigenvalue weighted by atomic mass is 10.0.